The Morgan fingerprint density at radius 3 is 1.03 bits per heavy atom. The number of thiophene rings is 2. The summed E-state index contributed by atoms with van der Waals surface area (Å²) in [6.07, 6.45) is 0. The predicted octanol–water partition coefficient (Wildman–Crippen LogP) is 18.5. The molecule has 12 aromatic rings. The molecule has 0 aliphatic rings. The number of fused-ring (bicyclic) bond motifs is 6. The molecular formula is C60H41N3S2. The van der Waals surface area contributed by atoms with Crippen LogP contribution >= 0.6 is 22.7 Å². The second kappa shape index (κ2) is 16.6. The molecule has 12 rings (SSSR count). The molecule has 0 fully saturated rings. The maximum Gasteiger partial charge on any atom is 0.0488 e. The van der Waals surface area contributed by atoms with E-state index in [0.29, 0.717) is 0 Å². The molecule has 2 aromatic heterocycles. The zero-order chi connectivity index (χ0) is 43.1. The monoisotopic (exact) mass is 867 g/mol. The van der Waals surface area contributed by atoms with Crippen LogP contribution in [0.2, 0.25) is 0 Å². The third-order valence-electron chi connectivity index (χ3n) is 12.2. The highest BCUT2D eigenvalue weighted by molar-refractivity contribution is 7.26. The number of hydrogen-bond acceptors (Lipinski definition) is 5. The first-order valence-electron chi connectivity index (χ1n) is 21.9. The van der Waals surface area contributed by atoms with Crippen LogP contribution in [0.3, 0.4) is 0 Å². The lowest BCUT2D eigenvalue weighted by molar-refractivity contribution is 1.25. The Labute approximate surface area is 386 Å². The SMILES string of the molecule is c1ccc(N(c2ccccc2)c2cc(-c3ccc4c(c3)sc3ccc(N(c5ccccc5)c5ccc6sc7ccccc7c6c5)cc34)cc(N(c3ccccc3)c3ccccc3)c2)cc1. The van der Waals surface area contributed by atoms with Crippen molar-refractivity contribution >= 4 is 114 Å². The summed E-state index contributed by atoms with van der Waals surface area (Å²) >= 11 is 3.71. The third kappa shape index (κ3) is 7.27. The van der Waals surface area contributed by atoms with E-state index >= 15 is 0 Å². The molecule has 308 valence electrons. The average molecular weight is 868 g/mol. The topological polar surface area (TPSA) is 9.72 Å². The van der Waals surface area contributed by atoms with Gasteiger partial charge in [0.05, 0.1) is 0 Å². The maximum atomic E-state index is 2.40. The van der Waals surface area contributed by atoms with Gasteiger partial charge in [-0.15, -0.1) is 22.7 Å². The van der Waals surface area contributed by atoms with E-state index in [2.05, 4.69) is 263 Å². The van der Waals surface area contributed by atoms with Gasteiger partial charge in [-0.25, -0.2) is 0 Å². The van der Waals surface area contributed by atoms with Crippen molar-refractivity contribution in [1.82, 2.24) is 0 Å². The van der Waals surface area contributed by atoms with Crippen LogP contribution < -0.4 is 14.7 Å². The van der Waals surface area contributed by atoms with Gasteiger partial charge in [0.15, 0.2) is 0 Å². The standard InChI is InChI=1S/C60H41N3S2/c1-6-18-44(19-7-1)61(45-20-8-2-9-21-45)51-36-43(37-52(39-51)62(46-22-10-3-11-23-46)47-24-12-4-13-25-47)42-30-33-54-56-41-50(32-35-59(56)65-60(54)38-42)63(48-26-14-5-15-27-48)49-31-34-58-55(40-49)53-28-16-17-29-57(53)64-58/h1-41H. The van der Waals surface area contributed by atoms with Crippen molar-refractivity contribution in [3.05, 3.63) is 249 Å². The number of para-hydroxylation sites is 5. The lowest BCUT2D eigenvalue weighted by Gasteiger charge is -2.30. The maximum absolute atomic E-state index is 2.40. The Kier molecular flexibility index (Phi) is 9.90. The highest BCUT2D eigenvalue weighted by Crippen LogP contribution is 2.46. The van der Waals surface area contributed by atoms with Crippen LogP contribution in [0.5, 0.6) is 0 Å². The van der Waals surface area contributed by atoms with Crippen LogP contribution in [0, 0.1) is 0 Å². The van der Waals surface area contributed by atoms with Gasteiger partial charge in [-0.2, -0.15) is 0 Å². The minimum Gasteiger partial charge on any atom is -0.310 e. The minimum absolute atomic E-state index is 1.07. The molecule has 0 aliphatic heterocycles. The Bertz CT molecular complexity index is 3430. The van der Waals surface area contributed by atoms with Crippen LogP contribution in [0.4, 0.5) is 51.2 Å². The average Bonchev–Trinajstić information content (AvgIpc) is 3.93. The van der Waals surface area contributed by atoms with Gasteiger partial charge in [-0.3, -0.25) is 0 Å². The van der Waals surface area contributed by atoms with Crippen LogP contribution in [0.1, 0.15) is 0 Å². The first-order chi connectivity index (χ1) is 32.2. The van der Waals surface area contributed by atoms with E-state index in [-0.39, 0.29) is 0 Å². The Hall–Kier alpha value is -7.96. The molecule has 0 atom stereocenters. The summed E-state index contributed by atoms with van der Waals surface area (Å²) in [7, 11) is 0. The zero-order valence-electron chi connectivity index (χ0n) is 35.3. The molecule has 10 aromatic carbocycles. The first kappa shape index (κ1) is 38.7. The van der Waals surface area contributed by atoms with Crippen LogP contribution in [-0.4, -0.2) is 0 Å². The molecule has 5 heteroatoms. The van der Waals surface area contributed by atoms with Gasteiger partial charge in [0, 0.05) is 91.5 Å². The van der Waals surface area contributed by atoms with Crippen molar-refractivity contribution in [1.29, 1.82) is 0 Å². The molecule has 0 spiro atoms. The van der Waals surface area contributed by atoms with Crippen molar-refractivity contribution in [2.75, 3.05) is 14.7 Å². The first-order valence-corrected chi connectivity index (χ1v) is 23.5. The lowest BCUT2D eigenvalue weighted by atomic mass is 10.0. The van der Waals surface area contributed by atoms with Gasteiger partial charge in [-0.1, -0.05) is 121 Å². The van der Waals surface area contributed by atoms with Crippen LogP contribution in [-0.2, 0) is 0 Å². The molecule has 0 amide bonds. The summed E-state index contributed by atoms with van der Waals surface area (Å²) in [4.78, 5) is 7.11. The fraction of sp³-hybridized carbons (Fsp3) is 0. The van der Waals surface area contributed by atoms with Crippen LogP contribution in [0.15, 0.2) is 249 Å². The Morgan fingerprint density at radius 1 is 0.200 bits per heavy atom. The largest absolute Gasteiger partial charge is 0.310 e. The summed E-state index contributed by atoms with van der Waals surface area (Å²) < 4.78 is 5.14. The van der Waals surface area contributed by atoms with E-state index in [1.807, 2.05) is 22.7 Å². The van der Waals surface area contributed by atoms with E-state index in [1.165, 1.54) is 40.3 Å². The van der Waals surface area contributed by atoms with Crippen molar-refractivity contribution in [3.8, 4) is 11.1 Å². The highest BCUT2D eigenvalue weighted by atomic mass is 32.1. The molecule has 0 radical (unpaired) electrons. The zero-order valence-corrected chi connectivity index (χ0v) is 37.0. The van der Waals surface area contributed by atoms with Crippen LogP contribution in [0.25, 0.3) is 51.5 Å². The minimum atomic E-state index is 1.07. The highest BCUT2D eigenvalue weighted by Gasteiger charge is 2.21. The summed E-state index contributed by atoms with van der Waals surface area (Å²) in [5.74, 6) is 0. The van der Waals surface area contributed by atoms with Crippen molar-refractivity contribution in [3.63, 3.8) is 0 Å². The number of benzene rings is 10. The fourth-order valence-corrected chi connectivity index (χ4v) is 11.4. The van der Waals surface area contributed by atoms with E-state index in [9.17, 15) is 0 Å². The molecular weight excluding hydrogens is 827 g/mol. The van der Waals surface area contributed by atoms with Gasteiger partial charge in [0.25, 0.3) is 0 Å². The fourth-order valence-electron chi connectivity index (χ4n) is 9.18. The van der Waals surface area contributed by atoms with Gasteiger partial charge >= 0.3 is 0 Å². The normalized spacial score (nSPS) is 11.4. The molecule has 2 heterocycles. The number of nitrogens with zero attached hydrogens (tertiary/aromatic N) is 3. The van der Waals surface area contributed by atoms with E-state index in [0.717, 1.165) is 62.3 Å². The molecule has 0 saturated carbocycles. The summed E-state index contributed by atoms with van der Waals surface area (Å²) in [5.41, 5.74) is 12.2. The predicted molar refractivity (Wildman–Crippen MR) is 282 cm³/mol. The van der Waals surface area contributed by atoms with Crippen molar-refractivity contribution < 1.29 is 0 Å². The molecule has 65 heavy (non-hydrogen) atoms. The molecule has 0 saturated heterocycles. The summed E-state index contributed by atoms with van der Waals surface area (Å²) in [5, 5.41) is 5.10. The second-order valence-corrected chi connectivity index (χ2v) is 18.4. The van der Waals surface area contributed by atoms with E-state index in [1.54, 1.807) is 0 Å². The lowest BCUT2D eigenvalue weighted by Crippen LogP contribution is -2.13. The number of anilines is 9. The van der Waals surface area contributed by atoms with Gasteiger partial charge in [0.1, 0.15) is 0 Å². The second-order valence-electron chi connectivity index (χ2n) is 16.2. The Morgan fingerprint density at radius 2 is 0.569 bits per heavy atom. The van der Waals surface area contributed by atoms with Crippen molar-refractivity contribution in [2.24, 2.45) is 0 Å². The van der Waals surface area contributed by atoms with Crippen molar-refractivity contribution in [2.45, 2.75) is 0 Å². The quantitative estimate of drug-likeness (QED) is 0.136. The molecule has 0 bridgehead atoms. The van der Waals surface area contributed by atoms with Gasteiger partial charge in [0.2, 0.25) is 0 Å². The molecule has 0 unspecified atom stereocenters. The summed E-state index contributed by atoms with van der Waals surface area (Å²) in [6.45, 7) is 0. The van der Waals surface area contributed by atoms with Gasteiger partial charge < -0.3 is 14.7 Å². The summed E-state index contributed by atoms with van der Waals surface area (Å²) in [6, 6.07) is 90.0. The molecule has 0 N–H and O–H groups in total. The number of rotatable bonds is 10. The molecule has 0 aliphatic carbocycles. The molecule has 3 nitrogen and oxygen atoms in total. The number of hydrogen-bond donors (Lipinski definition) is 0. The smallest absolute Gasteiger partial charge is 0.0488 e. The van der Waals surface area contributed by atoms with Gasteiger partial charge in [-0.05, 0) is 139 Å². The van der Waals surface area contributed by atoms with E-state index < -0.39 is 0 Å². The van der Waals surface area contributed by atoms with E-state index in [4.69, 9.17) is 0 Å². The Balaban J connectivity index is 1.01. The third-order valence-corrected chi connectivity index (χ3v) is 14.4.